The molecule has 1 aromatic heterocycles. The Hall–Kier alpha value is -2.65. The molecule has 178 valence electrons. The Morgan fingerprint density at radius 1 is 1.24 bits per heavy atom. The van der Waals surface area contributed by atoms with Crippen LogP contribution < -0.4 is 4.74 Å². The molecule has 0 saturated carbocycles. The first-order chi connectivity index (χ1) is 16.6. The van der Waals surface area contributed by atoms with Crippen LogP contribution in [0.3, 0.4) is 0 Å². The van der Waals surface area contributed by atoms with E-state index in [1.54, 1.807) is 19.4 Å². The summed E-state index contributed by atoms with van der Waals surface area (Å²) in [5.74, 6) is 7.49. The molecule has 0 bridgehead atoms. The van der Waals surface area contributed by atoms with Crippen molar-refractivity contribution in [1.29, 1.82) is 0 Å². The number of ether oxygens (including phenoxy) is 1. The number of hydrogen-bond acceptors (Lipinski definition) is 4. The molecule has 34 heavy (non-hydrogen) atoms. The molecule has 0 radical (unpaired) electrons. The number of hydrogen-bond donors (Lipinski definition) is 1. The van der Waals surface area contributed by atoms with Crippen LogP contribution in [0.2, 0.25) is 5.02 Å². The normalized spacial score (nSPS) is 19.4. The lowest BCUT2D eigenvalue weighted by atomic mass is 9.81. The highest BCUT2D eigenvalue weighted by molar-refractivity contribution is 6.30. The number of pyridine rings is 1. The molecule has 4 rings (SSSR count). The highest BCUT2D eigenvalue weighted by atomic mass is 35.5. The second-order valence-electron chi connectivity index (χ2n) is 8.87. The molecule has 1 saturated heterocycles. The maximum atomic E-state index is 15.4. The zero-order valence-corrected chi connectivity index (χ0v) is 20.1. The summed E-state index contributed by atoms with van der Waals surface area (Å²) in [6.07, 6.45) is 2.67. The lowest BCUT2D eigenvalue weighted by Crippen LogP contribution is -2.42. The van der Waals surface area contributed by atoms with Gasteiger partial charge in [-0.1, -0.05) is 29.5 Å². The van der Waals surface area contributed by atoms with Gasteiger partial charge in [-0.3, -0.25) is 9.88 Å². The van der Waals surface area contributed by atoms with Crippen molar-refractivity contribution in [2.24, 2.45) is 11.8 Å². The quantitative estimate of drug-likeness (QED) is 0.442. The number of halogens is 2. The summed E-state index contributed by atoms with van der Waals surface area (Å²) in [4.78, 5) is 6.62. The van der Waals surface area contributed by atoms with Crippen LogP contribution in [0.15, 0.2) is 54.7 Å². The Balaban J connectivity index is 1.34. The van der Waals surface area contributed by atoms with Gasteiger partial charge in [-0.15, -0.1) is 0 Å². The molecule has 3 atom stereocenters. The Kier molecular flexibility index (Phi) is 8.39. The Morgan fingerprint density at radius 3 is 2.91 bits per heavy atom. The predicted molar refractivity (Wildman–Crippen MR) is 135 cm³/mol. The van der Waals surface area contributed by atoms with Crippen LogP contribution in [0.25, 0.3) is 10.9 Å². The zero-order chi connectivity index (χ0) is 23.9. The molecule has 1 fully saturated rings. The van der Waals surface area contributed by atoms with Crippen LogP contribution in [-0.2, 0) is 0 Å². The van der Waals surface area contributed by atoms with E-state index in [0.29, 0.717) is 35.2 Å². The van der Waals surface area contributed by atoms with E-state index in [-0.39, 0.29) is 12.5 Å². The Labute approximate surface area is 205 Å². The molecular weight excluding hydrogens is 451 g/mol. The van der Waals surface area contributed by atoms with Gasteiger partial charge in [0.2, 0.25) is 0 Å². The second-order valence-corrected chi connectivity index (χ2v) is 9.30. The summed E-state index contributed by atoms with van der Waals surface area (Å²) >= 11 is 6.02. The third kappa shape index (κ3) is 6.07. The molecule has 2 aromatic carbocycles. The number of aromatic nitrogens is 1. The highest BCUT2D eigenvalue weighted by Gasteiger charge is 2.29. The molecule has 0 aliphatic carbocycles. The van der Waals surface area contributed by atoms with Crippen LogP contribution in [0.4, 0.5) is 4.39 Å². The standard InChI is InChI=1S/C28H30ClFN2O2/c1-34-24-8-10-28-26(17-24)25(11-13-31-28)27(30)9-7-21-12-15-32(18-22(21)19-33)14-3-5-20-4-2-6-23(29)16-20/h2,4,6,8,10-11,13,16-17,21-22,27,33H,7,9,12,14-15,18-19H2,1H3/t21-,22-,27+/m1/s1. The summed E-state index contributed by atoms with van der Waals surface area (Å²) in [6.45, 7) is 2.43. The predicted octanol–water partition coefficient (Wildman–Crippen LogP) is 5.67. The Morgan fingerprint density at radius 2 is 2.12 bits per heavy atom. The lowest BCUT2D eigenvalue weighted by molar-refractivity contribution is 0.0708. The van der Waals surface area contributed by atoms with E-state index in [2.05, 4.69) is 21.7 Å². The first kappa shape index (κ1) is 24.5. The fourth-order valence-electron chi connectivity index (χ4n) is 4.77. The van der Waals surface area contributed by atoms with E-state index >= 15 is 4.39 Å². The number of aliphatic hydroxyl groups excluding tert-OH is 1. The fourth-order valence-corrected chi connectivity index (χ4v) is 4.96. The lowest BCUT2D eigenvalue weighted by Gasteiger charge is -2.37. The van der Waals surface area contributed by atoms with Gasteiger partial charge in [0.25, 0.3) is 0 Å². The monoisotopic (exact) mass is 480 g/mol. The van der Waals surface area contributed by atoms with Crippen molar-refractivity contribution in [1.82, 2.24) is 9.88 Å². The number of likely N-dealkylation sites (tertiary alicyclic amines) is 1. The van der Waals surface area contributed by atoms with Crippen molar-refractivity contribution in [3.63, 3.8) is 0 Å². The van der Waals surface area contributed by atoms with E-state index < -0.39 is 6.17 Å². The third-order valence-electron chi connectivity index (χ3n) is 6.68. The highest BCUT2D eigenvalue weighted by Crippen LogP contribution is 2.35. The summed E-state index contributed by atoms with van der Waals surface area (Å²) in [6, 6.07) is 14.8. The van der Waals surface area contributed by atoms with Gasteiger partial charge < -0.3 is 9.84 Å². The van der Waals surface area contributed by atoms with Crippen molar-refractivity contribution < 1.29 is 14.2 Å². The Bertz CT molecular complexity index is 1180. The largest absolute Gasteiger partial charge is 0.497 e. The van der Waals surface area contributed by atoms with Gasteiger partial charge in [0.1, 0.15) is 11.9 Å². The molecule has 1 aliphatic heterocycles. The summed E-state index contributed by atoms with van der Waals surface area (Å²) in [7, 11) is 1.61. The number of fused-ring (bicyclic) bond motifs is 1. The van der Waals surface area contributed by atoms with Crippen molar-refractivity contribution in [2.45, 2.75) is 25.4 Å². The molecule has 0 amide bonds. The number of alkyl halides is 1. The molecule has 3 aromatic rings. The minimum absolute atomic E-state index is 0.106. The number of piperidine rings is 1. The van der Waals surface area contributed by atoms with Crippen LogP contribution in [0.1, 0.15) is 36.6 Å². The number of nitrogens with zero attached hydrogens (tertiary/aromatic N) is 2. The van der Waals surface area contributed by atoms with E-state index in [4.69, 9.17) is 16.3 Å². The number of methoxy groups -OCH3 is 1. The van der Waals surface area contributed by atoms with Crippen LogP contribution >= 0.6 is 11.6 Å². The minimum Gasteiger partial charge on any atom is -0.497 e. The molecule has 2 heterocycles. The number of aliphatic hydroxyl groups is 1. The van der Waals surface area contributed by atoms with Crippen molar-refractivity contribution in [3.05, 3.63) is 70.9 Å². The molecule has 1 aliphatic rings. The van der Waals surface area contributed by atoms with Crippen LogP contribution in [0.5, 0.6) is 5.75 Å². The fraction of sp³-hybridized carbons (Fsp3) is 0.393. The van der Waals surface area contributed by atoms with Crippen molar-refractivity contribution in [2.75, 3.05) is 33.4 Å². The number of benzene rings is 2. The molecule has 1 N–H and O–H groups in total. The van der Waals surface area contributed by atoms with Crippen molar-refractivity contribution >= 4 is 22.5 Å². The van der Waals surface area contributed by atoms with Gasteiger partial charge in [0.05, 0.1) is 19.2 Å². The first-order valence-corrected chi connectivity index (χ1v) is 12.1. The van der Waals surface area contributed by atoms with E-state index in [1.165, 1.54) is 0 Å². The van der Waals surface area contributed by atoms with Crippen LogP contribution in [0, 0.1) is 23.7 Å². The van der Waals surface area contributed by atoms with E-state index in [0.717, 1.165) is 42.4 Å². The summed E-state index contributed by atoms with van der Waals surface area (Å²) in [5.41, 5.74) is 2.32. The maximum absolute atomic E-state index is 15.4. The van der Waals surface area contributed by atoms with E-state index in [1.807, 2.05) is 42.5 Å². The van der Waals surface area contributed by atoms with Gasteiger partial charge in [-0.05, 0) is 85.7 Å². The first-order valence-electron chi connectivity index (χ1n) is 11.7. The molecule has 0 unspecified atom stereocenters. The van der Waals surface area contributed by atoms with Crippen molar-refractivity contribution in [3.8, 4) is 17.6 Å². The van der Waals surface area contributed by atoms with Gasteiger partial charge in [0.15, 0.2) is 0 Å². The SMILES string of the molecule is COc1ccc2nccc([C@@H](F)CC[C@@H]3CCN(CC#Cc4cccc(Cl)c4)C[C@@H]3CO)c2c1. The molecule has 0 spiro atoms. The topological polar surface area (TPSA) is 45.6 Å². The van der Waals surface area contributed by atoms with Crippen LogP contribution in [-0.4, -0.2) is 48.3 Å². The van der Waals surface area contributed by atoms with Gasteiger partial charge in [0, 0.05) is 35.3 Å². The minimum atomic E-state index is -1.08. The molecular formula is C28H30ClFN2O2. The zero-order valence-electron chi connectivity index (χ0n) is 19.4. The third-order valence-corrected chi connectivity index (χ3v) is 6.92. The maximum Gasteiger partial charge on any atom is 0.126 e. The number of rotatable bonds is 7. The second kappa shape index (κ2) is 11.7. The average molecular weight is 481 g/mol. The van der Waals surface area contributed by atoms with E-state index in [9.17, 15) is 5.11 Å². The molecule has 4 nitrogen and oxygen atoms in total. The smallest absolute Gasteiger partial charge is 0.126 e. The summed E-state index contributed by atoms with van der Waals surface area (Å²) < 4.78 is 20.7. The summed E-state index contributed by atoms with van der Waals surface area (Å²) in [5, 5.41) is 11.5. The average Bonchev–Trinajstić information content (AvgIpc) is 2.87. The van der Waals surface area contributed by atoms with Gasteiger partial charge in [-0.2, -0.15) is 0 Å². The molecule has 6 heteroatoms. The van der Waals surface area contributed by atoms with Gasteiger partial charge in [-0.25, -0.2) is 4.39 Å². The van der Waals surface area contributed by atoms with Gasteiger partial charge >= 0.3 is 0 Å².